The quantitative estimate of drug-likeness (QED) is 0.565. The highest BCUT2D eigenvalue weighted by Gasteiger charge is 2.37. The summed E-state index contributed by atoms with van der Waals surface area (Å²) >= 11 is 1.16. The smallest absolute Gasteiger partial charge is 0.284 e. The second kappa shape index (κ2) is 6.32. The maximum atomic E-state index is 11.9. The molecule has 9 nitrogen and oxygen atoms in total. The van der Waals surface area contributed by atoms with E-state index in [0.29, 0.717) is 22.0 Å². The molecule has 2 fully saturated rings. The van der Waals surface area contributed by atoms with E-state index < -0.39 is 14.9 Å². The minimum Gasteiger partial charge on any atom is -0.302 e. The van der Waals surface area contributed by atoms with Crippen LogP contribution in [0.2, 0.25) is 0 Å². The van der Waals surface area contributed by atoms with E-state index in [9.17, 15) is 18.5 Å². The molecule has 2 aromatic rings. The van der Waals surface area contributed by atoms with Gasteiger partial charge in [0.1, 0.15) is 5.82 Å². The van der Waals surface area contributed by atoms with Crippen LogP contribution in [0.4, 0.5) is 5.69 Å². The van der Waals surface area contributed by atoms with E-state index in [1.54, 1.807) is 0 Å². The number of nitro groups is 1. The van der Waals surface area contributed by atoms with E-state index in [1.807, 2.05) is 0 Å². The van der Waals surface area contributed by atoms with Crippen molar-refractivity contribution in [2.75, 3.05) is 7.05 Å². The van der Waals surface area contributed by atoms with Gasteiger partial charge in [-0.25, -0.2) is 13.1 Å². The van der Waals surface area contributed by atoms with Gasteiger partial charge in [-0.15, -0.1) is 10.2 Å². The first-order chi connectivity index (χ1) is 12.4. The molecule has 1 heterocycles. The van der Waals surface area contributed by atoms with Gasteiger partial charge >= 0.3 is 0 Å². The summed E-state index contributed by atoms with van der Waals surface area (Å²) in [4.78, 5) is 11.1. The number of nitro benzene ring substituents is 1. The number of hydrogen-bond donors (Lipinski definition) is 1. The standard InChI is InChI=1S/C15H17N5O4S2/c1-16-26(23,24)11-6-7-13(12(8-11)20(21)22)25-15-18-17-14(9-2-3-9)19(15)10-4-5-10/h6-10,16H,2-5H2,1H3. The maximum absolute atomic E-state index is 11.9. The van der Waals surface area contributed by atoms with Crippen molar-refractivity contribution >= 4 is 27.5 Å². The Balaban J connectivity index is 1.71. The third kappa shape index (κ3) is 3.21. The Kier molecular flexibility index (Phi) is 4.24. The molecule has 11 heteroatoms. The normalized spacial score (nSPS) is 17.4. The summed E-state index contributed by atoms with van der Waals surface area (Å²) in [7, 11) is -2.49. The first-order valence-electron chi connectivity index (χ1n) is 8.25. The van der Waals surface area contributed by atoms with Crippen molar-refractivity contribution in [3.8, 4) is 0 Å². The number of rotatable bonds is 7. The Hall–Kier alpha value is -1.98. The fourth-order valence-corrected chi connectivity index (χ4v) is 4.51. The molecule has 0 radical (unpaired) electrons. The molecule has 0 saturated heterocycles. The van der Waals surface area contributed by atoms with Crippen LogP contribution in [0.5, 0.6) is 0 Å². The third-order valence-electron chi connectivity index (χ3n) is 4.45. The van der Waals surface area contributed by atoms with Crippen molar-refractivity contribution < 1.29 is 13.3 Å². The number of hydrogen-bond acceptors (Lipinski definition) is 7. The number of nitrogens with zero attached hydrogens (tertiary/aromatic N) is 4. The fourth-order valence-electron chi connectivity index (χ4n) is 2.76. The summed E-state index contributed by atoms with van der Waals surface area (Å²) in [5.41, 5.74) is -0.260. The minimum absolute atomic E-state index is 0.140. The number of sulfonamides is 1. The molecule has 26 heavy (non-hydrogen) atoms. The van der Waals surface area contributed by atoms with Gasteiger partial charge in [0.25, 0.3) is 5.69 Å². The largest absolute Gasteiger partial charge is 0.302 e. The highest BCUT2D eigenvalue weighted by Crippen LogP contribution is 2.47. The lowest BCUT2D eigenvalue weighted by Crippen LogP contribution is -2.18. The second-order valence-corrected chi connectivity index (χ2v) is 9.31. The van der Waals surface area contributed by atoms with Gasteiger partial charge < -0.3 is 4.57 Å². The van der Waals surface area contributed by atoms with Crippen molar-refractivity contribution in [1.29, 1.82) is 0 Å². The summed E-state index contributed by atoms with van der Waals surface area (Å²) in [6, 6.07) is 4.26. The van der Waals surface area contributed by atoms with Gasteiger partial charge in [-0.3, -0.25) is 10.1 Å². The summed E-state index contributed by atoms with van der Waals surface area (Å²) in [6.07, 6.45) is 4.33. The van der Waals surface area contributed by atoms with E-state index in [4.69, 9.17) is 0 Å². The van der Waals surface area contributed by atoms with Crippen LogP contribution in [0.15, 0.2) is 33.1 Å². The van der Waals surface area contributed by atoms with Crippen molar-refractivity contribution in [3.63, 3.8) is 0 Å². The molecule has 0 aliphatic heterocycles. The molecule has 0 unspecified atom stereocenters. The predicted molar refractivity (Wildman–Crippen MR) is 93.7 cm³/mol. The van der Waals surface area contributed by atoms with Gasteiger partial charge in [0.15, 0.2) is 5.16 Å². The zero-order valence-corrected chi connectivity index (χ0v) is 15.6. The van der Waals surface area contributed by atoms with Gasteiger partial charge in [0, 0.05) is 18.0 Å². The lowest BCUT2D eigenvalue weighted by Gasteiger charge is -2.09. The van der Waals surface area contributed by atoms with E-state index in [-0.39, 0.29) is 10.6 Å². The van der Waals surface area contributed by atoms with Crippen LogP contribution in [0.3, 0.4) is 0 Å². The first kappa shape index (κ1) is 17.4. The van der Waals surface area contributed by atoms with Gasteiger partial charge in [-0.1, -0.05) is 0 Å². The van der Waals surface area contributed by atoms with Gasteiger partial charge in [0.2, 0.25) is 10.0 Å². The molecule has 1 N–H and O–H groups in total. The minimum atomic E-state index is -3.75. The molecular formula is C15H17N5O4S2. The lowest BCUT2D eigenvalue weighted by atomic mass is 10.3. The number of benzene rings is 1. The second-order valence-electron chi connectivity index (χ2n) is 6.41. The fraction of sp³-hybridized carbons (Fsp3) is 0.467. The molecule has 138 valence electrons. The topological polar surface area (TPSA) is 120 Å². The molecule has 2 saturated carbocycles. The summed E-state index contributed by atoms with van der Waals surface area (Å²) in [5.74, 6) is 1.41. The number of nitrogens with one attached hydrogen (secondary N) is 1. The molecule has 0 amide bonds. The van der Waals surface area contributed by atoms with Crippen molar-refractivity contribution in [2.45, 2.75) is 52.6 Å². The van der Waals surface area contributed by atoms with Crippen molar-refractivity contribution in [2.24, 2.45) is 0 Å². The summed E-state index contributed by atoms with van der Waals surface area (Å²) in [5, 5.41) is 20.6. The molecule has 1 aromatic carbocycles. The van der Waals surface area contributed by atoms with Crippen molar-refractivity contribution in [1.82, 2.24) is 19.5 Å². The Bertz CT molecular complexity index is 980. The molecule has 1 aromatic heterocycles. The van der Waals surface area contributed by atoms with Gasteiger partial charge in [0.05, 0.1) is 14.7 Å². The van der Waals surface area contributed by atoms with Crippen molar-refractivity contribution in [3.05, 3.63) is 34.1 Å². The monoisotopic (exact) mass is 395 g/mol. The van der Waals surface area contributed by atoms with Gasteiger partial charge in [-0.2, -0.15) is 0 Å². The summed E-state index contributed by atoms with van der Waals surface area (Å²) in [6.45, 7) is 0. The van der Waals surface area contributed by atoms with Gasteiger partial charge in [-0.05, 0) is 56.6 Å². The zero-order chi connectivity index (χ0) is 18.5. The third-order valence-corrected chi connectivity index (χ3v) is 6.89. The highest BCUT2D eigenvalue weighted by molar-refractivity contribution is 7.99. The first-order valence-corrected chi connectivity index (χ1v) is 10.6. The molecular weight excluding hydrogens is 378 g/mol. The van der Waals surface area contributed by atoms with E-state index in [2.05, 4.69) is 19.5 Å². The van der Waals surface area contributed by atoms with E-state index in [1.165, 1.54) is 19.2 Å². The Morgan fingerprint density at radius 2 is 2.00 bits per heavy atom. The van der Waals surface area contributed by atoms with Crippen LogP contribution in [-0.2, 0) is 10.0 Å². The average Bonchev–Trinajstić information content (AvgIpc) is 3.54. The highest BCUT2D eigenvalue weighted by atomic mass is 32.2. The number of aromatic nitrogens is 3. The Morgan fingerprint density at radius 3 is 2.58 bits per heavy atom. The van der Waals surface area contributed by atoms with Crippen LogP contribution in [0, 0.1) is 10.1 Å². The summed E-state index contributed by atoms with van der Waals surface area (Å²) < 4.78 is 28.1. The van der Waals surface area contributed by atoms with Crippen LogP contribution in [0.25, 0.3) is 0 Å². The predicted octanol–water partition coefficient (Wildman–Crippen LogP) is 2.46. The van der Waals surface area contributed by atoms with Crippen LogP contribution < -0.4 is 4.72 Å². The SMILES string of the molecule is CNS(=O)(=O)c1ccc(Sc2nnc(C3CC3)n2C2CC2)c([N+](=O)[O-])c1. The van der Waals surface area contributed by atoms with Crippen LogP contribution >= 0.6 is 11.8 Å². The zero-order valence-electron chi connectivity index (χ0n) is 14.0. The molecule has 4 rings (SSSR count). The lowest BCUT2D eigenvalue weighted by molar-refractivity contribution is -0.388. The van der Waals surface area contributed by atoms with Crippen LogP contribution in [-0.4, -0.2) is 35.2 Å². The average molecular weight is 395 g/mol. The molecule has 0 bridgehead atoms. The molecule has 2 aliphatic rings. The van der Waals surface area contributed by atoms with E-state index >= 15 is 0 Å². The Morgan fingerprint density at radius 1 is 1.27 bits per heavy atom. The van der Waals surface area contributed by atoms with Crippen LogP contribution in [0.1, 0.15) is 43.5 Å². The maximum Gasteiger partial charge on any atom is 0.284 e. The molecule has 2 aliphatic carbocycles. The van der Waals surface area contributed by atoms with E-state index in [0.717, 1.165) is 49.3 Å². The Labute approximate surface area is 154 Å². The molecule has 0 spiro atoms. The molecule has 0 atom stereocenters.